The second kappa shape index (κ2) is 9.44. The van der Waals surface area contributed by atoms with Crippen LogP contribution in [0, 0.1) is 6.92 Å². The van der Waals surface area contributed by atoms with Crippen molar-refractivity contribution < 1.29 is 0 Å². The summed E-state index contributed by atoms with van der Waals surface area (Å²) in [6, 6.07) is 1.97. The number of rotatable bonds is 6. The van der Waals surface area contributed by atoms with Crippen LogP contribution in [-0.4, -0.2) is 38.6 Å². The number of hydrogen-bond donors (Lipinski definition) is 2. The number of aliphatic imine (C=N–C) groups is 1. The van der Waals surface area contributed by atoms with Gasteiger partial charge < -0.3 is 10.6 Å². The van der Waals surface area contributed by atoms with Gasteiger partial charge in [0.25, 0.3) is 0 Å². The smallest absolute Gasteiger partial charge is 0.191 e. The van der Waals surface area contributed by atoms with Gasteiger partial charge in [-0.1, -0.05) is 0 Å². The van der Waals surface area contributed by atoms with E-state index in [0.29, 0.717) is 6.54 Å². The summed E-state index contributed by atoms with van der Waals surface area (Å²) in [6.07, 6.45) is 5.67. The fourth-order valence-electron chi connectivity index (χ4n) is 1.94. The fourth-order valence-corrected chi connectivity index (χ4v) is 1.94. The lowest BCUT2D eigenvalue weighted by Gasteiger charge is -2.11. The van der Waals surface area contributed by atoms with Crippen LogP contribution >= 0.6 is 24.0 Å². The van der Waals surface area contributed by atoms with Gasteiger partial charge in [-0.25, -0.2) is 4.99 Å². The third kappa shape index (κ3) is 5.66. The molecule has 122 valence electrons. The maximum absolute atomic E-state index is 4.56. The quantitative estimate of drug-likeness (QED) is 0.422. The summed E-state index contributed by atoms with van der Waals surface area (Å²) < 4.78 is 3.76. The van der Waals surface area contributed by atoms with Crippen LogP contribution < -0.4 is 10.6 Å². The average molecular weight is 417 g/mol. The van der Waals surface area contributed by atoms with E-state index in [4.69, 9.17) is 0 Å². The lowest BCUT2D eigenvalue weighted by Crippen LogP contribution is -2.38. The largest absolute Gasteiger partial charge is 0.357 e. The van der Waals surface area contributed by atoms with Crippen LogP contribution in [0.2, 0.25) is 0 Å². The molecule has 22 heavy (non-hydrogen) atoms. The van der Waals surface area contributed by atoms with Gasteiger partial charge in [-0.05, 0) is 25.5 Å². The van der Waals surface area contributed by atoms with Gasteiger partial charge in [0.1, 0.15) is 0 Å². The first-order valence-corrected chi connectivity index (χ1v) is 7.17. The molecule has 0 amide bonds. The van der Waals surface area contributed by atoms with Gasteiger partial charge in [-0.15, -0.1) is 24.0 Å². The number of nitrogens with zero attached hydrogens (tertiary/aromatic N) is 5. The number of aryl methyl sites for hydroxylation is 2. The second-order valence-electron chi connectivity index (χ2n) is 4.85. The Kier molecular flexibility index (Phi) is 7.92. The molecule has 2 aromatic rings. The lowest BCUT2D eigenvalue weighted by molar-refractivity contribution is 0.597. The van der Waals surface area contributed by atoms with E-state index in [1.165, 1.54) is 5.56 Å². The van der Waals surface area contributed by atoms with Gasteiger partial charge in [-0.3, -0.25) is 9.36 Å². The van der Waals surface area contributed by atoms with Gasteiger partial charge in [0.05, 0.1) is 25.0 Å². The van der Waals surface area contributed by atoms with Gasteiger partial charge >= 0.3 is 0 Å². The average Bonchev–Trinajstić information content (AvgIpc) is 3.05. The molecule has 0 atom stereocenters. The zero-order valence-electron chi connectivity index (χ0n) is 13.3. The van der Waals surface area contributed by atoms with Crippen molar-refractivity contribution >= 4 is 29.9 Å². The molecule has 0 spiro atoms. The number of aromatic nitrogens is 4. The van der Waals surface area contributed by atoms with Crippen LogP contribution in [0.15, 0.2) is 29.6 Å². The van der Waals surface area contributed by atoms with Crippen molar-refractivity contribution in [1.29, 1.82) is 0 Å². The summed E-state index contributed by atoms with van der Waals surface area (Å²) >= 11 is 0. The van der Waals surface area contributed by atoms with E-state index in [9.17, 15) is 0 Å². The van der Waals surface area contributed by atoms with Crippen LogP contribution in [-0.2, 0) is 20.1 Å². The molecule has 8 heteroatoms. The zero-order chi connectivity index (χ0) is 15.1. The molecular weight excluding hydrogens is 393 g/mol. The van der Waals surface area contributed by atoms with E-state index in [1.54, 1.807) is 6.20 Å². The van der Waals surface area contributed by atoms with Crippen molar-refractivity contribution in [3.63, 3.8) is 0 Å². The van der Waals surface area contributed by atoms with Crippen molar-refractivity contribution in [1.82, 2.24) is 30.2 Å². The predicted molar refractivity (Wildman–Crippen MR) is 98.4 cm³/mol. The standard InChI is InChI=1S/C14H23N7.HI/c1-4-15-14(17-10-13-5-6-18-20(13)3)16-7-8-21-11-12(2)9-19-21;/h5-6,9,11H,4,7-8,10H2,1-3H3,(H2,15,16,17);1H. The highest BCUT2D eigenvalue weighted by atomic mass is 127. The summed E-state index contributed by atoms with van der Waals surface area (Å²) in [5.41, 5.74) is 2.25. The minimum Gasteiger partial charge on any atom is -0.357 e. The van der Waals surface area contributed by atoms with Crippen molar-refractivity contribution in [2.24, 2.45) is 12.0 Å². The highest BCUT2D eigenvalue weighted by molar-refractivity contribution is 14.0. The zero-order valence-corrected chi connectivity index (χ0v) is 15.6. The predicted octanol–water partition coefficient (Wildman–Crippen LogP) is 1.30. The van der Waals surface area contributed by atoms with Gasteiger partial charge in [0.2, 0.25) is 0 Å². The van der Waals surface area contributed by atoms with Crippen LogP contribution in [0.5, 0.6) is 0 Å². The Balaban J connectivity index is 0.00000242. The molecule has 2 N–H and O–H groups in total. The summed E-state index contributed by atoms with van der Waals surface area (Å²) in [5, 5.41) is 14.9. The fraction of sp³-hybridized carbons (Fsp3) is 0.500. The molecule has 0 aliphatic carbocycles. The first-order chi connectivity index (χ1) is 10.2. The highest BCUT2D eigenvalue weighted by Crippen LogP contribution is 1.98. The normalized spacial score (nSPS) is 11.1. The third-order valence-corrected chi connectivity index (χ3v) is 3.06. The molecule has 2 heterocycles. The summed E-state index contributed by atoms with van der Waals surface area (Å²) in [6.45, 7) is 7.11. The van der Waals surface area contributed by atoms with Crippen LogP contribution in [0.25, 0.3) is 0 Å². The van der Waals surface area contributed by atoms with E-state index in [1.807, 2.05) is 41.8 Å². The molecule has 0 aromatic carbocycles. The minimum atomic E-state index is 0. The van der Waals surface area contributed by atoms with E-state index in [2.05, 4.69) is 32.7 Å². The second-order valence-corrected chi connectivity index (χ2v) is 4.85. The third-order valence-electron chi connectivity index (χ3n) is 3.06. The topological polar surface area (TPSA) is 72.1 Å². The molecule has 0 saturated carbocycles. The highest BCUT2D eigenvalue weighted by Gasteiger charge is 2.00. The maximum Gasteiger partial charge on any atom is 0.191 e. The lowest BCUT2D eigenvalue weighted by atomic mass is 10.4. The van der Waals surface area contributed by atoms with Crippen LogP contribution in [0.3, 0.4) is 0 Å². The van der Waals surface area contributed by atoms with Gasteiger partial charge in [0.15, 0.2) is 5.96 Å². The van der Waals surface area contributed by atoms with Gasteiger partial charge in [-0.2, -0.15) is 10.2 Å². The first kappa shape index (κ1) is 18.5. The van der Waals surface area contributed by atoms with Gasteiger partial charge in [0, 0.05) is 32.5 Å². The summed E-state index contributed by atoms with van der Waals surface area (Å²) in [7, 11) is 1.92. The Morgan fingerprint density at radius 1 is 1.32 bits per heavy atom. The van der Waals surface area contributed by atoms with E-state index < -0.39 is 0 Å². The first-order valence-electron chi connectivity index (χ1n) is 7.17. The van der Waals surface area contributed by atoms with Crippen molar-refractivity contribution in [3.05, 3.63) is 35.9 Å². The Morgan fingerprint density at radius 3 is 2.73 bits per heavy atom. The summed E-state index contributed by atoms with van der Waals surface area (Å²) in [5.74, 6) is 0.808. The molecule has 0 aliphatic heterocycles. The molecule has 2 aromatic heterocycles. The Morgan fingerprint density at radius 2 is 2.14 bits per heavy atom. The van der Waals surface area contributed by atoms with Crippen molar-refractivity contribution in [2.75, 3.05) is 13.1 Å². The molecule has 0 aliphatic rings. The van der Waals surface area contributed by atoms with Crippen LogP contribution in [0.4, 0.5) is 0 Å². The molecule has 7 nitrogen and oxygen atoms in total. The maximum atomic E-state index is 4.56. The molecule has 0 saturated heterocycles. The SMILES string of the molecule is CCNC(=NCc1ccnn1C)NCCn1cc(C)cn1.I. The minimum absolute atomic E-state index is 0. The molecule has 0 radical (unpaired) electrons. The number of guanidine groups is 1. The molecule has 0 fully saturated rings. The summed E-state index contributed by atoms with van der Waals surface area (Å²) in [4.78, 5) is 4.56. The molecule has 0 unspecified atom stereocenters. The molecule has 0 bridgehead atoms. The molecular formula is C14H24IN7. The Bertz CT molecular complexity index is 588. The Labute approximate surface area is 148 Å². The molecule has 2 rings (SSSR count). The van der Waals surface area contributed by atoms with E-state index >= 15 is 0 Å². The van der Waals surface area contributed by atoms with Crippen molar-refractivity contribution in [3.8, 4) is 0 Å². The van der Waals surface area contributed by atoms with Crippen molar-refractivity contribution in [2.45, 2.75) is 26.9 Å². The number of hydrogen-bond acceptors (Lipinski definition) is 3. The van der Waals surface area contributed by atoms with Crippen LogP contribution in [0.1, 0.15) is 18.2 Å². The number of nitrogens with one attached hydrogen (secondary N) is 2. The van der Waals surface area contributed by atoms with E-state index in [-0.39, 0.29) is 24.0 Å². The number of halogens is 1. The monoisotopic (exact) mass is 417 g/mol. The Hall–Kier alpha value is -1.58. The van der Waals surface area contributed by atoms with E-state index in [0.717, 1.165) is 31.3 Å².